The summed E-state index contributed by atoms with van der Waals surface area (Å²) in [6.45, 7) is 3.63. The van der Waals surface area contributed by atoms with Gasteiger partial charge in [0.1, 0.15) is 18.1 Å². The Morgan fingerprint density at radius 1 is 0.800 bits per heavy atom. The first-order chi connectivity index (χ1) is 19.4. The highest BCUT2D eigenvalue weighted by molar-refractivity contribution is 5.86. The van der Waals surface area contributed by atoms with Gasteiger partial charge >= 0.3 is 11.9 Å². The SMILES string of the molecule is C#CCOc1cc(CN(CCO)CCOCCOCCN(CCO)Cc2cccc(C(=O)O)n2)nc(C(=O)O)c1. The normalized spacial score (nSPS) is 11.1. The Hall–Kier alpha value is -3.64. The number of terminal acetylenes is 1. The van der Waals surface area contributed by atoms with Crippen LogP contribution in [0.1, 0.15) is 32.4 Å². The number of aromatic nitrogens is 2. The molecule has 2 heterocycles. The Labute approximate surface area is 232 Å². The van der Waals surface area contributed by atoms with Crippen LogP contribution in [0.15, 0.2) is 30.3 Å². The molecule has 2 aromatic heterocycles. The molecular weight excluding hydrogens is 524 g/mol. The second-order valence-corrected chi connectivity index (χ2v) is 8.52. The van der Waals surface area contributed by atoms with Crippen molar-refractivity contribution in [3.8, 4) is 18.1 Å². The molecule has 0 unspecified atom stereocenters. The molecule has 40 heavy (non-hydrogen) atoms. The lowest BCUT2D eigenvalue weighted by atomic mass is 10.2. The van der Waals surface area contributed by atoms with Gasteiger partial charge in [0, 0.05) is 51.4 Å². The maximum Gasteiger partial charge on any atom is 0.354 e. The van der Waals surface area contributed by atoms with Gasteiger partial charge in [0.15, 0.2) is 5.69 Å². The van der Waals surface area contributed by atoms with Crippen LogP contribution < -0.4 is 4.74 Å². The second-order valence-electron chi connectivity index (χ2n) is 8.52. The molecule has 0 bridgehead atoms. The quantitative estimate of drug-likeness (QED) is 0.121. The van der Waals surface area contributed by atoms with E-state index in [1.807, 2.05) is 9.80 Å². The van der Waals surface area contributed by atoms with Crippen molar-refractivity contribution in [3.05, 3.63) is 53.1 Å². The third kappa shape index (κ3) is 12.5. The molecule has 218 valence electrons. The highest BCUT2D eigenvalue weighted by Crippen LogP contribution is 2.16. The van der Waals surface area contributed by atoms with Crippen LogP contribution in [0.25, 0.3) is 0 Å². The lowest BCUT2D eigenvalue weighted by Crippen LogP contribution is -2.31. The zero-order valence-electron chi connectivity index (χ0n) is 22.3. The number of carboxylic acids is 2. The lowest BCUT2D eigenvalue weighted by Gasteiger charge is -2.22. The van der Waals surface area contributed by atoms with Crippen LogP contribution in [-0.4, -0.2) is 125 Å². The molecule has 13 nitrogen and oxygen atoms in total. The number of carboxylic acid groups (broad SMARTS) is 2. The summed E-state index contributed by atoms with van der Waals surface area (Å²) >= 11 is 0. The van der Waals surface area contributed by atoms with Gasteiger partial charge in [0.2, 0.25) is 0 Å². The van der Waals surface area contributed by atoms with E-state index in [4.69, 9.17) is 25.7 Å². The highest BCUT2D eigenvalue weighted by Gasteiger charge is 2.14. The number of pyridine rings is 2. The lowest BCUT2D eigenvalue weighted by molar-refractivity contribution is 0.0268. The third-order valence-corrected chi connectivity index (χ3v) is 5.50. The predicted molar refractivity (Wildman–Crippen MR) is 143 cm³/mol. The Kier molecular flexibility index (Phi) is 15.2. The Morgan fingerprint density at radius 2 is 1.38 bits per heavy atom. The Balaban J connectivity index is 1.73. The molecule has 0 saturated heterocycles. The van der Waals surface area contributed by atoms with E-state index >= 15 is 0 Å². The number of hydrogen-bond donors (Lipinski definition) is 4. The molecular formula is C27H36N4O9. The Bertz CT molecular complexity index is 1110. The summed E-state index contributed by atoms with van der Waals surface area (Å²) < 4.78 is 16.6. The first-order valence-corrected chi connectivity index (χ1v) is 12.7. The maximum absolute atomic E-state index is 11.4. The number of nitrogens with zero attached hydrogens (tertiary/aromatic N) is 4. The minimum absolute atomic E-state index is 0.00386. The minimum atomic E-state index is -1.19. The van der Waals surface area contributed by atoms with Gasteiger partial charge in [-0.05, 0) is 12.1 Å². The first kappa shape index (κ1) is 32.6. The molecule has 0 aliphatic rings. The number of ether oxygens (including phenoxy) is 3. The van der Waals surface area contributed by atoms with Crippen molar-refractivity contribution in [3.63, 3.8) is 0 Å². The second kappa shape index (κ2) is 18.6. The molecule has 0 aliphatic carbocycles. The van der Waals surface area contributed by atoms with Crippen molar-refractivity contribution in [2.45, 2.75) is 13.1 Å². The molecule has 4 N–H and O–H groups in total. The monoisotopic (exact) mass is 560 g/mol. The number of rotatable bonds is 21. The van der Waals surface area contributed by atoms with Gasteiger partial charge in [-0.1, -0.05) is 12.0 Å². The summed E-state index contributed by atoms with van der Waals surface area (Å²) in [6.07, 6.45) is 5.21. The van der Waals surface area contributed by atoms with Crippen molar-refractivity contribution in [2.24, 2.45) is 0 Å². The van der Waals surface area contributed by atoms with E-state index in [0.717, 1.165) is 0 Å². The zero-order valence-corrected chi connectivity index (χ0v) is 22.3. The predicted octanol–water partition coefficient (Wildman–Crippen LogP) is 0.207. The number of carbonyl (C=O) groups is 2. The number of aliphatic hydroxyl groups is 2. The van der Waals surface area contributed by atoms with Crippen molar-refractivity contribution >= 4 is 11.9 Å². The summed E-state index contributed by atoms with van der Waals surface area (Å²) in [7, 11) is 0. The average Bonchev–Trinajstić information content (AvgIpc) is 2.93. The van der Waals surface area contributed by atoms with Gasteiger partial charge in [0.05, 0.1) is 51.0 Å². The summed E-state index contributed by atoms with van der Waals surface area (Å²) in [4.78, 5) is 34.6. The highest BCUT2D eigenvalue weighted by atomic mass is 16.5. The van der Waals surface area contributed by atoms with E-state index < -0.39 is 11.9 Å². The number of hydrogen-bond acceptors (Lipinski definition) is 11. The summed E-state index contributed by atoms with van der Waals surface area (Å²) in [6, 6.07) is 7.71. The molecule has 0 radical (unpaired) electrons. The molecule has 0 aliphatic heterocycles. The van der Waals surface area contributed by atoms with Crippen LogP contribution in [0, 0.1) is 12.3 Å². The minimum Gasteiger partial charge on any atom is -0.481 e. The van der Waals surface area contributed by atoms with Gasteiger partial charge in [-0.25, -0.2) is 19.6 Å². The average molecular weight is 561 g/mol. The van der Waals surface area contributed by atoms with Crippen molar-refractivity contribution < 1.29 is 44.2 Å². The fraction of sp³-hybridized carbons (Fsp3) is 0.481. The van der Waals surface area contributed by atoms with E-state index in [0.29, 0.717) is 76.3 Å². The van der Waals surface area contributed by atoms with Gasteiger partial charge in [-0.2, -0.15) is 0 Å². The van der Waals surface area contributed by atoms with Crippen LogP contribution >= 0.6 is 0 Å². The molecule has 0 saturated carbocycles. The summed E-state index contributed by atoms with van der Waals surface area (Å²) in [5.74, 6) is 0.354. The summed E-state index contributed by atoms with van der Waals surface area (Å²) in [5.41, 5.74) is 0.854. The van der Waals surface area contributed by atoms with Crippen molar-refractivity contribution in [1.82, 2.24) is 19.8 Å². The molecule has 13 heteroatoms. The number of aromatic carboxylic acids is 2. The maximum atomic E-state index is 11.4. The largest absolute Gasteiger partial charge is 0.481 e. The summed E-state index contributed by atoms with van der Waals surface area (Å²) in [5, 5.41) is 37.2. The fourth-order valence-electron chi connectivity index (χ4n) is 3.64. The van der Waals surface area contributed by atoms with Crippen LogP contribution in [0.5, 0.6) is 5.75 Å². The van der Waals surface area contributed by atoms with E-state index in [1.165, 1.54) is 12.1 Å². The standard InChI is InChI=1S/C27H36N4O9/c1-2-12-40-23-17-22(29-25(18-23)27(36)37)20-31(7-11-33)9-14-39-16-15-38-13-8-30(6-10-32)19-21-4-3-5-24(28-21)26(34)35/h1,3-5,17-18,32-33H,6-16,19-20H2,(H,34,35)(H,36,37). The molecule has 0 amide bonds. The molecule has 2 rings (SSSR count). The molecule has 2 aromatic rings. The van der Waals surface area contributed by atoms with Crippen LogP contribution in [0.3, 0.4) is 0 Å². The zero-order chi connectivity index (χ0) is 29.2. The molecule has 0 aromatic carbocycles. The van der Waals surface area contributed by atoms with Gasteiger partial charge in [-0.3, -0.25) is 9.80 Å². The van der Waals surface area contributed by atoms with E-state index in [9.17, 15) is 24.9 Å². The van der Waals surface area contributed by atoms with E-state index in [1.54, 1.807) is 18.2 Å². The van der Waals surface area contributed by atoms with Crippen molar-refractivity contribution in [1.29, 1.82) is 0 Å². The molecule has 0 spiro atoms. The molecule has 0 atom stereocenters. The van der Waals surface area contributed by atoms with Gasteiger partial charge in [-0.15, -0.1) is 6.42 Å². The van der Waals surface area contributed by atoms with E-state index in [2.05, 4.69) is 15.9 Å². The third-order valence-electron chi connectivity index (χ3n) is 5.50. The number of aliphatic hydroxyl groups excluding tert-OH is 2. The first-order valence-electron chi connectivity index (χ1n) is 12.7. The van der Waals surface area contributed by atoms with Gasteiger partial charge in [0.25, 0.3) is 0 Å². The van der Waals surface area contributed by atoms with Crippen LogP contribution in [0.4, 0.5) is 0 Å². The van der Waals surface area contributed by atoms with Crippen molar-refractivity contribution in [2.75, 3.05) is 72.4 Å². The van der Waals surface area contributed by atoms with E-state index in [-0.39, 0.29) is 37.8 Å². The fourth-order valence-corrected chi connectivity index (χ4v) is 3.64. The molecule has 0 fully saturated rings. The van der Waals surface area contributed by atoms with Crippen LogP contribution in [0.2, 0.25) is 0 Å². The Morgan fingerprint density at radius 3 is 1.93 bits per heavy atom. The van der Waals surface area contributed by atoms with Crippen LogP contribution in [-0.2, 0) is 22.6 Å². The topological polar surface area (TPSA) is 175 Å². The smallest absolute Gasteiger partial charge is 0.354 e. The van der Waals surface area contributed by atoms with Gasteiger partial charge < -0.3 is 34.6 Å².